The monoisotopic (exact) mass is 527 g/mol. The maximum atomic E-state index is 11.2. The van der Waals surface area contributed by atoms with Crippen molar-refractivity contribution in [1.29, 1.82) is 0 Å². The summed E-state index contributed by atoms with van der Waals surface area (Å²) >= 11 is 0. The second-order valence-electron chi connectivity index (χ2n) is 10.4. The number of anilines is 3. The van der Waals surface area contributed by atoms with Crippen LogP contribution >= 0.6 is 0 Å². The van der Waals surface area contributed by atoms with Gasteiger partial charge in [-0.1, -0.05) is 30.3 Å². The number of phenolic OH excluding ortho intramolecular Hbond substituents is 1. The molecule has 0 spiro atoms. The second-order valence-corrected chi connectivity index (χ2v) is 10.4. The molecule has 39 heavy (non-hydrogen) atoms. The van der Waals surface area contributed by atoms with E-state index in [2.05, 4.69) is 54.9 Å². The Morgan fingerprint density at radius 2 is 1.18 bits per heavy atom. The third kappa shape index (κ3) is 5.24. The number of ether oxygens (including phenoxy) is 1. The summed E-state index contributed by atoms with van der Waals surface area (Å²) in [7, 11) is 1.71. The number of methoxy groups -OCH3 is 1. The number of nitrogens with zero attached hydrogens (tertiary/aromatic N) is 3. The quantitative estimate of drug-likeness (QED) is 0.390. The summed E-state index contributed by atoms with van der Waals surface area (Å²) < 4.78 is 5.51. The Bertz CT molecular complexity index is 1260. The highest BCUT2D eigenvalue weighted by Gasteiger charge is 2.31. The van der Waals surface area contributed by atoms with Crippen LogP contribution in [0.15, 0.2) is 48.5 Å². The Morgan fingerprint density at radius 3 is 1.72 bits per heavy atom. The van der Waals surface area contributed by atoms with Crippen molar-refractivity contribution in [1.82, 2.24) is 16.0 Å². The lowest BCUT2D eigenvalue weighted by atomic mass is 9.89. The molecule has 6 rings (SSSR count). The molecule has 4 N–H and O–H groups in total. The third-order valence-electron chi connectivity index (χ3n) is 8.04. The maximum Gasteiger partial charge on any atom is 0.123 e. The molecule has 3 fully saturated rings. The fraction of sp³-hybridized carbons (Fsp3) is 0.419. The predicted molar refractivity (Wildman–Crippen MR) is 160 cm³/mol. The molecular weight excluding hydrogens is 488 g/mol. The minimum absolute atomic E-state index is 0.300. The van der Waals surface area contributed by atoms with Crippen LogP contribution in [-0.2, 0) is 0 Å². The Labute approximate surface area is 231 Å². The third-order valence-corrected chi connectivity index (χ3v) is 8.04. The van der Waals surface area contributed by atoms with Gasteiger partial charge in [0.15, 0.2) is 0 Å². The van der Waals surface area contributed by atoms with Crippen LogP contribution in [-0.4, -0.2) is 90.8 Å². The summed E-state index contributed by atoms with van der Waals surface area (Å²) in [5.74, 6) is 1.14. The smallest absolute Gasteiger partial charge is 0.123 e. The number of rotatable bonds is 6. The molecule has 3 aromatic carbocycles. The van der Waals surface area contributed by atoms with Crippen LogP contribution in [0, 0.1) is 6.07 Å². The van der Waals surface area contributed by atoms with Crippen molar-refractivity contribution in [2.45, 2.75) is 0 Å². The largest absolute Gasteiger partial charge is 0.507 e. The molecule has 3 saturated heterocycles. The highest BCUT2D eigenvalue weighted by atomic mass is 16.5. The van der Waals surface area contributed by atoms with Gasteiger partial charge in [-0.25, -0.2) is 0 Å². The van der Waals surface area contributed by atoms with Crippen LogP contribution in [0.4, 0.5) is 17.1 Å². The lowest BCUT2D eigenvalue weighted by molar-refractivity contribution is 0.415. The normalized spacial score (nSPS) is 18.3. The van der Waals surface area contributed by atoms with Crippen molar-refractivity contribution < 1.29 is 9.84 Å². The summed E-state index contributed by atoms with van der Waals surface area (Å²) in [6.45, 7) is 11.1. The minimum atomic E-state index is 0.300. The first kappa shape index (κ1) is 25.8. The molecule has 3 aliphatic heterocycles. The van der Waals surface area contributed by atoms with E-state index in [1.807, 2.05) is 24.3 Å². The van der Waals surface area contributed by atoms with Crippen molar-refractivity contribution in [2.75, 3.05) is 100 Å². The van der Waals surface area contributed by atoms with Crippen molar-refractivity contribution in [2.24, 2.45) is 0 Å². The lowest BCUT2D eigenvalue weighted by Crippen LogP contribution is -2.46. The van der Waals surface area contributed by atoms with E-state index in [1.165, 1.54) is 11.3 Å². The van der Waals surface area contributed by atoms with E-state index in [9.17, 15) is 5.11 Å². The summed E-state index contributed by atoms with van der Waals surface area (Å²) in [5.41, 5.74) is 7.65. The number of hydrogen-bond donors (Lipinski definition) is 4. The molecule has 0 unspecified atom stereocenters. The summed E-state index contributed by atoms with van der Waals surface area (Å²) in [5, 5.41) is 21.8. The summed E-state index contributed by atoms with van der Waals surface area (Å²) in [6, 6.07) is 20.2. The Hall–Kier alpha value is -3.46. The van der Waals surface area contributed by atoms with Gasteiger partial charge in [-0.05, 0) is 23.8 Å². The van der Waals surface area contributed by atoms with E-state index in [1.54, 1.807) is 13.2 Å². The predicted octanol–water partition coefficient (Wildman–Crippen LogP) is 2.76. The average Bonchev–Trinajstić information content (AvgIpc) is 3.02. The highest BCUT2D eigenvalue weighted by molar-refractivity contribution is 6.04. The molecule has 0 aliphatic carbocycles. The number of para-hydroxylation sites is 1. The Kier molecular flexibility index (Phi) is 7.76. The van der Waals surface area contributed by atoms with Crippen LogP contribution in [0.3, 0.4) is 0 Å². The minimum Gasteiger partial charge on any atom is -0.507 e. The first-order valence-corrected chi connectivity index (χ1v) is 14.2. The number of nitrogens with one attached hydrogen (secondary N) is 3. The number of phenols is 1. The average molecular weight is 528 g/mol. The number of piperazine rings is 3. The van der Waals surface area contributed by atoms with Crippen molar-refractivity contribution in [3.8, 4) is 33.8 Å². The second kappa shape index (κ2) is 11.7. The molecule has 205 valence electrons. The molecule has 0 atom stereocenters. The standard InChI is InChI=1S/C31H39N6O2/c1-39-24-8-6-23(7-9-24)29-26(35-16-10-32-11-17-35)22-27(36-18-12-33-13-19-36)30(25-4-2-3-5-28(25)38)31(29)37-20-14-34-15-21-37/h2-9,32-34,38H,10-21H2,1H3. The molecule has 0 amide bonds. The Morgan fingerprint density at radius 1 is 0.667 bits per heavy atom. The fourth-order valence-electron chi connectivity index (χ4n) is 6.01. The van der Waals surface area contributed by atoms with Crippen LogP contribution in [0.1, 0.15) is 0 Å². The molecule has 0 saturated carbocycles. The molecule has 1 radical (unpaired) electrons. The van der Waals surface area contributed by atoms with E-state index in [-0.39, 0.29) is 0 Å². The van der Waals surface area contributed by atoms with Gasteiger partial charge in [0.2, 0.25) is 0 Å². The van der Waals surface area contributed by atoms with Gasteiger partial charge < -0.3 is 40.5 Å². The summed E-state index contributed by atoms with van der Waals surface area (Å²) in [6.07, 6.45) is 0. The van der Waals surface area contributed by atoms with E-state index in [0.717, 1.165) is 112 Å². The molecule has 0 bridgehead atoms. The first-order chi connectivity index (χ1) is 19.2. The van der Waals surface area contributed by atoms with E-state index in [4.69, 9.17) is 4.74 Å². The van der Waals surface area contributed by atoms with Crippen LogP contribution in [0.25, 0.3) is 22.3 Å². The number of benzene rings is 3. The zero-order valence-corrected chi connectivity index (χ0v) is 22.8. The van der Waals surface area contributed by atoms with Crippen molar-refractivity contribution in [3.05, 3.63) is 54.6 Å². The first-order valence-electron chi connectivity index (χ1n) is 14.2. The number of hydrogen-bond acceptors (Lipinski definition) is 8. The molecular formula is C31H39N6O2. The fourth-order valence-corrected chi connectivity index (χ4v) is 6.01. The van der Waals surface area contributed by atoms with Gasteiger partial charge in [0.1, 0.15) is 11.5 Å². The van der Waals surface area contributed by atoms with Crippen LogP contribution in [0.2, 0.25) is 0 Å². The Balaban J connectivity index is 1.68. The molecule has 3 heterocycles. The van der Waals surface area contributed by atoms with Crippen molar-refractivity contribution >= 4 is 17.1 Å². The van der Waals surface area contributed by atoms with Gasteiger partial charge in [0.05, 0.1) is 24.2 Å². The van der Waals surface area contributed by atoms with Crippen LogP contribution in [0.5, 0.6) is 11.5 Å². The zero-order valence-electron chi connectivity index (χ0n) is 22.8. The molecule has 3 aliphatic rings. The molecule has 8 heteroatoms. The number of aromatic hydroxyl groups is 1. The van der Waals surface area contributed by atoms with Gasteiger partial charge in [-0.3, -0.25) is 0 Å². The molecule has 8 nitrogen and oxygen atoms in total. The highest BCUT2D eigenvalue weighted by Crippen LogP contribution is 2.52. The van der Waals surface area contributed by atoms with Gasteiger partial charge in [0, 0.05) is 101 Å². The van der Waals surface area contributed by atoms with E-state index >= 15 is 0 Å². The van der Waals surface area contributed by atoms with Gasteiger partial charge >= 0.3 is 0 Å². The van der Waals surface area contributed by atoms with E-state index < -0.39 is 0 Å². The van der Waals surface area contributed by atoms with Gasteiger partial charge in [0.25, 0.3) is 0 Å². The maximum absolute atomic E-state index is 11.2. The van der Waals surface area contributed by atoms with Crippen LogP contribution < -0.4 is 35.4 Å². The van der Waals surface area contributed by atoms with Crippen molar-refractivity contribution in [3.63, 3.8) is 0 Å². The zero-order chi connectivity index (χ0) is 26.6. The molecule has 0 aromatic heterocycles. The SMILES string of the molecule is COc1ccc(-c2c(N3CCNCC3)[c]c(N3CCNCC3)c(-c3ccccc3O)c2N2CCNCC2)cc1. The van der Waals surface area contributed by atoms with Gasteiger partial charge in [-0.2, -0.15) is 0 Å². The van der Waals surface area contributed by atoms with E-state index in [0.29, 0.717) is 5.75 Å². The lowest BCUT2D eigenvalue weighted by Gasteiger charge is -2.40. The molecule has 3 aromatic rings. The van der Waals surface area contributed by atoms with Gasteiger partial charge in [-0.15, -0.1) is 0 Å². The summed E-state index contributed by atoms with van der Waals surface area (Å²) in [4.78, 5) is 7.46. The topological polar surface area (TPSA) is 75.3 Å².